The fourth-order valence-electron chi connectivity index (χ4n) is 3.78. The minimum Gasteiger partial charge on any atom is -0.490 e. The molecule has 0 radical (unpaired) electrons. The van der Waals surface area contributed by atoms with E-state index < -0.39 is 12.2 Å². The van der Waals surface area contributed by atoms with Gasteiger partial charge in [0.05, 0.1) is 31.2 Å². The van der Waals surface area contributed by atoms with Gasteiger partial charge in [-0.15, -0.1) is 0 Å². The van der Waals surface area contributed by atoms with E-state index in [1.165, 1.54) is 44.9 Å². The smallest absolute Gasteiger partial charge is 0.159 e. The van der Waals surface area contributed by atoms with E-state index in [1.807, 2.05) is 24.3 Å². The molecular weight excluding hydrogens is 400 g/mol. The van der Waals surface area contributed by atoms with Crippen molar-refractivity contribution in [3.63, 3.8) is 0 Å². The van der Waals surface area contributed by atoms with Gasteiger partial charge in [0, 0.05) is 12.0 Å². The Morgan fingerprint density at radius 2 is 1.38 bits per heavy atom. The number of ether oxygens (including phenoxy) is 1. The van der Waals surface area contributed by atoms with Crippen molar-refractivity contribution in [1.29, 1.82) is 0 Å². The molecule has 1 heterocycles. The van der Waals surface area contributed by atoms with Gasteiger partial charge in [-0.25, -0.2) is 9.97 Å². The fraction of sp³-hybridized carbons (Fsp3) is 0.630. The summed E-state index contributed by atoms with van der Waals surface area (Å²) in [7, 11) is 0. The number of nitrogens with zero attached hydrogens (tertiary/aromatic N) is 2. The highest BCUT2D eigenvalue weighted by atomic mass is 16.5. The molecule has 2 N–H and O–H groups in total. The average Bonchev–Trinajstić information content (AvgIpc) is 2.82. The van der Waals surface area contributed by atoms with E-state index in [-0.39, 0.29) is 0 Å². The largest absolute Gasteiger partial charge is 0.490 e. The number of benzene rings is 1. The van der Waals surface area contributed by atoms with Crippen LogP contribution < -0.4 is 4.74 Å². The molecule has 32 heavy (non-hydrogen) atoms. The molecule has 0 aliphatic heterocycles. The summed E-state index contributed by atoms with van der Waals surface area (Å²) in [5, 5.41) is 20.6. The van der Waals surface area contributed by atoms with Gasteiger partial charge < -0.3 is 14.9 Å². The van der Waals surface area contributed by atoms with Crippen LogP contribution in [0.2, 0.25) is 0 Å². The summed E-state index contributed by atoms with van der Waals surface area (Å²) in [6, 6.07) is 7.60. The van der Waals surface area contributed by atoms with E-state index in [0.29, 0.717) is 24.6 Å². The zero-order valence-corrected chi connectivity index (χ0v) is 20.0. The van der Waals surface area contributed by atoms with Gasteiger partial charge in [0.1, 0.15) is 0 Å². The molecule has 5 nitrogen and oxygen atoms in total. The molecule has 0 bridgehead atoms. The lowest BCUT2D eigenvalue weighted by Gasteiger charge is -2.16. The number of hydrogen-bond donors (Lipinski definition) is 2. The van der Waals surface area contributed by atoms with Crippen molar-refractivity contribution in [3.8, 4) is 17.1 Å². The van der Waals surface area contributed by atoms with E-state index in [9.17, 15) is 10.2 Å². The van der Waals surface area contributed by atoms with Crippen LogP contribution in [0.15, 0.2) is 36.7 Å². The minimum atomic E-state index is -0.663. The van der Waals surface area contributed by atoms with E-state index in [2.05, 4.69) is 23.8 Å². The molecule has 2 aromatic rings. The Hall–Kier alpha value is -1.98. The van der Waals surface area contributed by atoms with Gasteiger partial charge in [0.15, 0.2) is 11.6 Å². The Kier molecular flexibility index (Phi) is 12.9. The van der Waals surface area contributed by atoms with Crippen LogP contribution in [0.5, 0.6) is 5.75 Å². The van der Waals surface area contributed by atoms with Crippen LogP contribution >= 0.6 is 0 Å². The predicted octanol–water partition coefficient (Wildman–Crippen LogP) is 6.64. The molecule has 1 aromatic heterocycles. The molecule has 0 unspecified atom stereocenters. The summed E-state index contributed by atoms with van der Waals surface area (Å²) in [6.07, 6.45) is 15.4. The summed E-state index contributed by atoms with van der Waals surface area (Å²) in [5.41, 5.74) is 1.70. The molecule has 1 aromatic carbocycles. The molecule has 2 rings (SSSR count). The lowest BCUT2D eigenvalue weighted by molar-refractivity contribution is 0.0739. The molecule has 0 aliphatic carbocycles. The van der Waals surface area contributed by atoms with E-state index in [0.717, 1.165) is 36.8 Å². The van der Waals surface area contributed by atoms with Gasteiger partial charge in [-0.2, -0.15) is 0 Å². The van der Waals surface area contributed by atoms with Gasteiger partial charge in [0.25, 0.3) is 0 Å². The first kappa shape index (κ1) is 26.3. The molecule has 0 amide bonds. The van der Waals surface area contributed by atoms with Crippen LogP contribution in [0.1, 0.15) is 103 Å². The monoisotopic (exact) mass is 442 g/mol. The number of aliphatic hydroxyl groups excluding tert-OH is 2. The van der Waals surface area contributed by atoms with Gasteiger partial charge >= 0.3 is 0 Å². The third-order valence-corrected chi connectivity index (χ3v) is 5.83. The Morgan fingerprint density at radius 3 is 2.03 bits per heavy atom. The van der Waals surface area contributed by atoms with Crippen LogP contribution in [-0.4, -0.2) is 32.9 Å². The lowest BCUT2D eigenvalue weighted by Crippen LogP contribution is -2.12. The maximum atomic E-state index is 10.4. The van der Waals surface area contributed by atoms with Crippen LogP contribution in [-0.2, 0) is 0 Å². The number of hydrogen-bond acceptors (Lipinski definition) is 5. The average molecular weight is 443 g/mol. The molecule has 178 valence electrons. The first-order chi connectivity index (χ1) is 15.6. The summed E-state index contributed by atoms with van der Waals surface area (Å²) in [5.74, 6) is 1.33. The van der Waals surface area contributed by atoms with E-state index in [1.54, 1.807) is 12.4 Å². The maximum absolute atomic E-state index is 10.4. The summed E-state index contributed by atoms with van der Waals surface area (Å²) < 4.78 is 5.75. The Labute approximate surface area is 194 Å². The van der Waals surface area contributed by atoms with Crippen molar-refractivity contribution in [3.05, 3.63) is 42.2 Å². The van der Waals surface area contributed by atoms with Crippen molar-refractivity contribution >= 4 is 0 Å². The molecule has 0 fully saturated rings. The summed E-state index contributed by atoms with van der Waals surface area (Å²) >= 11 is 0. The zero-order valence-electron chi connectivity index (χ0n) is 20.0. The predicted molar refractivity (Wildman–Crippen MR) is 131 cm³/mol. The van der Waals surface area contributed by atoms with E-state index in [4.69, 9.17) is 4.74 Å². The SMILES string of the molecule is CCCCCCCCOc1cnc(-c2ccc([C@H](O)C[C@H](O)CCCCCC)cc2)nc1. The lowest BCUT2D eigenvalue weighted by atomic mass is 9.99. The number of unbranched alkanes of at least 4 members (excludes halogenated alkanes) is 8. The van der Waals surface area contributed by atoms with Crippen LogP contribution in [0, 0.1) is 0 Å². The first-order valence-electron chi connectivity index (χ1n) is 12.5. The fourth-order valence-corrected chi connectivity index (χ4v) is 3.78. The molecule has 0 spiro atoms. The van der Waals surface area contributed by atoms with Crippen LogP contribution in [0.4, 0.5) is 0 Å². The van der Waals surface area contributed by atoms with Gasteiger partial charge in [0.2, 0.25) is 0 Å². The zero-order chi connectivity index (χ0) is 23.0. The van der Waals surface area contributed by atoms with Gasteiger partial charge in [-0.05, 0) is 18.4 Å². The third kappa shape index (κ3) is 10.1. The Morgan fingerprint density at radius 1 is 0.781 bits per heavy atom. The number of rotatable bonds is 17. The molecule has 0 aliphatic rings. The van der Waals surface area contributed by atoms with Gasteiger partial charge in [-0.1, -0.05) is 95.9 Å². The quantitative estimate of drug-likeness (QED) is 0.269. The van der Waals surface area contributed by atoms with Crippen molar-refractivity contribution in [1.82, 2.24) is 9.97 Å². The maximum Gasteiger partial charge on any atom is 0.159 e. The second-order valence-electron chi connectivity index (χ2n) is 8.74. The second-order valence-corrected chi connectivity index (χ2v) is 8.74. The summed E-state index contributed by atoms with van der Waals surface area (Å²) in [4.78, 5) is 8.84. The Balaban J connectivity index is 1.75. The van der Waals surface area contributed by atoms with Crippen molar-refractivity contribution in [2.24, 2.45) is 0 Å². The number of aliphatic hydroxyl groups is 2. The molecule has 0 saturated carbocycles. The highest BCUT2D eigenvalue weighted by Crippen LogP contribution is 2.24. The van der Waals surface area contributed by atoms with Crippen LogP contribution in [0.3, 0.4) is 0 Å². The summed E-state index contributed by atoms with van der Waals surface area (Å²) in [6.45, 7) is 5.10. The van der Waals surface area contributed by atoms with Crippen molar-refractivity contribution in [2.45, 2.75) is 103 Å². The first-order valence-corrected chi connectivity index (χ1v) is 12.5. The van der Waals surface area contributed by atoms with Gasteiger partial charge in [-0.3, -0.25) is 0 Å². The standard InChI is InChI=1S/C27H42N2O3/c1-3-5-7-9-10-12-18-32-25-20-28-27(29-21-25)23-16-14-22(15-17-23)26(31)19-24(30)13-11-8-6-4-2/h14-17,20-21,24,26,30-31H,3-13,18-19H2,1-2H3/t24-,26-/m1/s1. The van der Waals surface area contributed by atoms with E-state index >= 15 is 0 Å². The van der Waals surface area contributed by atoms with Crippen molar-refractivity contribution in [2.75, 3.05) is 6.61 Å². The third-order valence-electron chi connectivity index (χ3n) is 5.83. The highest BCUT2D eigenvalue weighted by Gasteiger charge is 2.14. The van der Waals surface area contributed by atoms with Crippen molar-refractivity contribution < 1.29 is 14.9 Å². The van der Waals surface area contributed by atoms with Crippen LogP contribution in [0.25, 0.3) is 11.4 Å². The second kappa shape index (κ2) is 15.8. The molecule has 5 heteroatoms. The number of aromatic nitrogens is 2. The normalized spacial score (nSPS) is 13.1. The highest BCUT2D eigenvalue weighted by molar-refractivity contribution is 5.55. The molecular formula is C27H42N2O3. The topological polar surface area (TPSA) is 75.5 Å². The molecule has 0 saturated heterocycles. The minimum absolute atomic E-state index is 0.368. The Bertz CT molecular complexity index is 719. The molecule has 2 atom stereocenters.